The van der Waals surface area contributed by atoms with Gasteiger partial charge in [0, 0.05) is 32.2 Å². The van der Waals surface area contributed by atoms with E-state index in [0.717, 1.165) is 59.2 Å². The van der Waals surface area contributed by atoms with Crippen molar-refractivity contribution in [3.8, 4) is 17.2 Å². The number of amides is 1. The fourth-order valence-corrected chi connectivity index (χ4v) is 5.68. The van der Waals surface area contributed by atoms with E-state index >= 15 is 0 Å². The number of ether oxygens (including phenoxy) is 3. The highest BCUT2D eigenvalue weighted by Crippen LogP contribution is 2.37. The number of para-hydroxylation sites is 2. The Bertz CT molecular complexity index is 1430. The van der Waals surface area contributed by atoms with Crippen molar-refractivity contribution in [3.63, 3.8) is 0 Å². The number of piperazine rings is 1. The van der Waals surface area contributed by atoms with Crippen molar-refractivity contribution >= 4 is 44.7 Å². The molecule has 37 heavy (non-hydrogen) atoms. The molecule has 1 aliphatic heterocycles. The maximum atomic E-state index is 13.3. The van der Waals surface area contributed by atoms with Crippen LogP contribution in [0.1, 0.15) is 15.2 Å². The van der Waals surface area contributed by atoms with Crippen molar-refractivity contribution in [2.75, 3.05) is 62.6 Å². The van der Waals surface area contributed by atoms with E-state index in [9.17, 15) is 4.79 Å². The maximum Gasteiger partial charge on any atom is 0.266 e. The molecule has 4 aromatic rings. The lowest BCUT2D eigenvalue weighted by Gasteiger charge is -2.37. The van der Waals surface area contributed by atoms with E-state index in [1.165, 1.54) is 11.3 Å². The van der Waals surface area contributed by atoms with Gasteiger partial charge < -0.3 is 29.3 Å². The van der Waals surface area contributed by atoms with Gasteiger partial charge in [-0.15, -0.1) is 11.3 Å². The number of aromatic nitrogens is 2. The summed E-state index contributed by atoms with van der Waals surface area (Å²) in [7, 11) is 4.85. The molecule has 0 saturated carbocycles. The van der Waals surface area contributed by atoms with Gasteiger partial charge in [0.15, 0.2) is 0 Å². The van der Waals surface area contributed by atoms with Gasteiger partial charge >= 0.3 is 0 Å². The number of rotatable bonds is 7. The summed E-state index contributed by atoms with van der Waals surface area (Å²) in [6, 6.07) is 13.4. The van der Waals surface area contributed by atoms with Crippen molar-refractivity contribution in [1.29, 1.82) is 0 Å². The number of aryl methyl sites for hydroxylation is 1. The van der Waals surface area contributed by atoms with Gasteiger partial charge in [-0.25, -0.2) is 9.97 Å². The summed E-state index contributed by atoms with van der Waals surface area (Å²) in [6.45, 7) is 5.21. The number of thiophene rings is 1. The van der Waals surface area contributed by atoms with Crippen LogP contribution < -0.4 is 29.3 Å². The lowest BCUT2D eigenvalue weighted by molar-refractivity contribution is 0.102. The number of carbonyl (C=O) groups is 1. The number of carbonyl (C=O) groups excluding carboxylic acids is 1. The van der Waals surface area contributed by atoms with E-state index in [2.05, 4.69) is 31.2 Å². The molecule has 3 heterocycles. The van der Waals surface area contributed by atoms with Gasteiger partial charge in [-0.1, -0.05) is 12.1 Å². The predicted molar refractivity (Wildman–Crippen MR) is 147 cm³/mol. The number of hydrogen-bond acceptors (Lipinski definition) is 9. The molecule has 0 atom stereocenters. The molecular weight excluding hydrogens is 490 g/mol. The van der Waals surface area contributed by atoms with E-state index in [1.54, 1.807) is 45.9 Å². The molecule has 0 radical (unpaired) electrons. The number of nitrogens with one attached hydrogen (secondary N) is 1. The molecule has 1 amide bonds. The first kappa shape index (κ1) is 24.6. The lowest BCUT2D eigenvalue weighted by atomic mass is 10.1. The Labute approximate surface area is 219 Å². The summed E-state index contributed by atoms with van der Waals surface area (Å²) in [5.74, 6) is 2.70. The van der Waals surface area contributed by atoms with Crippen molar-refractivity contribution < 1.29 is 19.0 Å². The third-order valence-corrected chi connectivity index (χ3v) is 7.77. The largest absolute Gasteiger partial charge is 0.497 e. The Kier molecular flexibility index (Phi) is 7.00. The van der Waals surface area contributed by atoms with Crippen molar-refractivity contribution in [2.24, 2.45) is 0 Å². The highest BCUT2D eigenvalue weighted by Gasteiger charge is 2.26. The van der Waals surface area contributed by atoms with E-state index in [1.807, 2.05) is 25.1 Å². The minimum atomic E-state index is -0.212. The number of benzene rings is 2. The first-order valence-corrected chi connectivity index (χ1v) is 12.8. The van der Waals surface area contributed by atoms with Crippen molar-refractivity contribution in [2.45, 2.75) is 6.92 Å². The van der Waals surface area contributed by atoms with Crippen LogP contribution in [0.3, 0.4) is 0 Å². The average molecular weight is 520 g/mol. The van der Waals surface area contributed by atoms with Crippen LogP contribution >= 0.6 is 11.3 Å². The quantitative estimate of drug-likeness (QED) is 0.379. The van der Waals surface area contributed by atoms with Gasteiger partial charge in [0.2, 0.25) is 0 Å². The normalized spacial score (nSPS) is 13.5. The second kappa shape index (κ2) is 10.5. The van der Waals surface area contributed by atoms with Crippen molar-refractivity contribution in [1.82, 2.24) is 9.97 Å². The van der Waals surface area contributed by atoms with Gasteiger partial charge in [0.1, 0.15) is 34.2 Å². The van der Waals surface area contributed by atoms with Crippen LogP contribution in [-0.2, 0) is 0 Å². The zero-order valence-electron chi connectivity index (χ0n) is 21.3. The van der Waals surface area contributed by atoms with E-state index in [-0.39, 0.29) is 5.91 Å². The summed E-state index contributed by atoms with van der Waals surface area (Å²) in [5.41, 5.74) is 2.54. The Morgan fingerprint density at radius 2 is 1.65 bits per heavy atom. The molecule has 9 nitrogen and oxygen atoms in total. The molecule has 2 aromatic carbocycles. The van der Waals surface area contributed by atoms with Crippen LogP contribution in [-0.4, -0.2) is 63.4 Å². The summed E-state index contributed by atoms with van der Waals surface area (Å²) in [5, 5.41) is 3.90. The fraction of sp³-hybridized carbons (Fsp3) is 0.296. The Morgan fingerprint density at radius 3 is 2.38 bits per heavy atom. The molecule has 0 unspecified atom stereocenters. The maximum absolute atomic E-state index is 13.3. The van der Waals surface area contributed by atoms with Gasteiger partial charge in [0.05, 0.1) is 43.0 Å². The molecule has 2 aromatic heterocycles. The zero-order valence-corrected chi connectivity index (χ0v) is 22.1. The fourth-order valence-electron chi connectivity index (χ4n) is 4.64. The molecule has 0 spiro atoms. The van der Waals surface area contributed by atoms with Crippen LogP contribution in [0.2, 0.25) is 0 Å². The van der Waals surface area contributed by atoms with Gasteiger partial charge in [-0.05, 0) is 36.8 Å². The van der Waals surface area contributed by atoms with E-state index in [0.29, 0.717) is 22.1 Å². The molecule has 10 heteroatoms. The first-order valence-electron chi connectivity index (χ1n) is 11.9. The summed E-state index contributed by atoms with van der Waals surface area (Å²) in [4.78, 5) is 28.4. The summed E-state index contributed by atoms with van der Waals surface area (Å²) >= 11 is 1.37. The molecule has 0 bridgehead atoms. The van der Waals surface area contributed by atoms with Crippen LogP contribution in [0.25, 0.3) is 10.2 Å². The third-order valence-electron chi connectivity index (χ3n) is 6.57. The molecule has 1 saturated heterocycles. The first-order chi connectivity index (χ1) is 18.0. The van der Waals surface area contributed by atoms with Crippen LogP contribution in [0, 0.1) is 6.92 Å². The van der Waals surface area contributed by atoms with Gasteiger partial charge in [0.25, 0.3) is 5.91 Å². The highest BCUT2D eigenvalue weighted by atomic mass is 32.1. The standard InChI is InChI=1S/C27H29N5O4S/c1-17-23-25(32-13-11-31(12-14-32)20-7-5-6-8-21(20)35-3)28-16-29-27(23)37-24(17)26(33)30-19-10-9-18(34-2)15-22(19)36-4/h5-10,15-16H,11-14H2,1-4H3,(H,30,33). The molecule has 1 N–H and O–H groups in total. The van der Waals surface area contributed by atoms with E-state index < -0.39 is 0 Å². The molecule has 1 aliphatic rings. The number of fused-ring (bicyclic) bond motifs is 1. The Morgan fingerprint density at radius 1 is 0.919 bits per heavy atom. The lowest BCUT2D eigenvalue weighted by Crippen LogP contribution is -2.47. The summed E-state index contributed by atoms with van der Waals surface area (Å²) in [6.07, 6.45) is 1.58. The monoisotopic (exact) mass is 519 g/mol. The highest BCUT2D eigenvalue weighted by molar-refractivity contribution is 7.20. The minimum absolute atomic E-state index is 0.212. The number of hydrogen-bond donors (Lipinski definition) is 1. The Hall–Kier alpha value is -4.05. The topological polar surface area (TPSA) is 89.0 Å². The van der Waals surface area contributed by atoms with Crippen LogP contribution in [0.15, 0.2) is 48.8 Å². The molecule has 0 aliphatic carbocycles. The number of methoxy groups -OCH3 is 3. The number of anilines is 3. The summed E-state index contributed by atoms with van der Waals surface area (Å²) < 4.78 is 16.2. The smallest absolute Gasteiger partial charge is 0.266 e. The molecule has 5 rings (SSSR count). The van der Waals surface area contributed by atoms with E-state index in [4.69, 9.17) is 14.2 Å². The second-order valence-electron chi connectivity index (χ2n) is 8.60. The second-order valence-corrected chi connectivity index (χ2v) is 9.60. The molecule has 1 fully saturated rings. The Balaban J connectivity index is 1.38. The average Bonchev–Trinajstić information content (AvgIpc) is 3.30. The third kappa shape index (κ3) is 4.72. The van der Waals surface area contributed by atoms with Gasteiger partial charge in [-0.3, -0.25) is 4.79 Å². The molecular formula is C27H29N5O4S. The molecule has 192 valence electrons. The van der Waals surface area contributed by atoms with Gasteiger partial charge in [-0.2, -0.15) is 0 Å². The number of nitrogens with zero attached hydrogens (tertiary/aromatic N) is 4. The minimum Gasteiger partial charge on any atom is -0.497 e. The van der Waals surface area contributed by atoms with Crippen LogP contribution in [0.4, 0.5) is 17.2 Å². The van der Waals surface area contributed by atoms with Crippen LogP contribution in [0.5, 0.6) is 17.2 Å². The SMILES string of the molecule is COc1ccc(NC(=O)c2sc3ncnc(N4CCN(c5ccccc5OC)CC4)c3c2C)c(OC)c1. The van der Waals surface area contributed by atoms with Crippen molar-refractivity contribution in [3.05, 3.63) is 59.2 Å². The predicted octanol–water partition coefficient (Wildman–Crippen LogP) is 4.60. The zero-order chi connectivity index (χ0) is 25.9.